The molecular weight excluding hydrogens is 505 g/mol. The van der Waals surface area contributed by atoms with Gasteiger partial charge in [-0.25, -0.2) is 18.5 Å². The molecule has 1 aromatic heterocycles. The summed E-state index contributed by atoms with van der Waals surface area (Å²) >= 11 is 0. The molecule has 32 heavy (non-hydrogen) atoms. The fourth-order valence-corrected chi connectivity index (χ4v) is 5.76. The molecule has 0 radical (unpaired) electrons. The molecule has 1 aliphatic rings. The van der Waals surface area contributed by atoms with Gasteiger partial charge in [0.25, 0.3) is 5.56 Å². The number of nitrogens with one attached hydrogen (secondary N) is 1. The van der Waals surface area contributed by atoms with Gasteiger partial charge in [0.15, 0.2) is 6.23 Å². The molecule has 1 aromatic rings. The van der Waals surface area contributed by atoms with Gasteiger partial charge < -0.3 is 34.5 Å². The third-order valence-corrected chi connectivity index (χ3v) is 7.79. The number of hydrogen-bond acceptors (Lipinski definition) is 11. The van der Waals surface area contributed by atoms with Crippen molar-refractivity contribution in [3.8, 4) is 0 Å². The van der Waals surface area contributed by atoms with E-state index in [0.717, 1.165) is 10.8 Å². The number of phosphoric ester groups is 1. The van der Waals surface area contributed by atoms with Gasteiger partial charge >= 0.3 is 29.2 Å². The molecular formula is C12H21N2O15P3. The van der Waals surface area contributed by atoms with E-state index in [-0.39, 0.29) is 12.0 Å². The second-order valence-electron chi connectivity index (χ2n) is 6.50. The second kappa shape index (κ2) is 10.1. The second-order valence-corrected chi connectivity index (χ2v) is 10.9. The first-order valence-corrected chi connectivity index (χ1v) is 13.2. The Balaban J connectivity index is 2.13. The predicted octanol–water partition coefficient (Wildman–Crippen LogP) is -1.55. The summed E-state index contributed by atoms with van der Waals surface area (Å²) in [6, 6.07) is 0. The van der Waals surface area contributed by atoms with Gasteiger partial charge in [-0.2, -0.15) is 8.62 Å². The molecule has 7 N–H and O–H groups in total. The topological polar surface area (TPSA) is 264 Å². The molecule has 20 heteroatoms. The lowest BCUT2D eigenvalue weighted by atomic mass is 10.1. The number of H-pyrrole nitrogens is 1. The summed E-state index contributed by atoms with van der Waals surface area (Å²) in [6.07, 6.45) is -4.70. The van der Waals surface area contributed by atoms with E-state index in [4.69, 9.17) is 19.4 Å². The summed E-state index contributed by atoms with van der Waals surface area (Å²) in [5.41, 5.74) is -1.43. The third kappa shape index (κ3) is 7.23. The highest BCUT2D eigenvalue weighted by Crippen LogP contribution is 2.66. The standard InChI is InChI=1S/C12H21N2O15P3/c1-2-3-6-4-14(12(18)13-10(6)17)11-9(16)8(15)7(27-11)5-26-31(22,23)29-32(24,25)28-30(19,20)21/h4,7-9,11,15-16H,2-3,5H2,1H3,(H,22,23)(H,24,25)(H,13,17,18)(H2,19,20,21)/t7-,8?,9+,11-/m1/s1. The molecule has 1 aliphatic heterocycles. The summed E-state index contributed by atoms with van der Waals surface area (Å²) in [6.45, 7) is 0.733. The van der Waals surface area contributed by atoms with E-state index in [1.54, 1.807) is 6.92 Å². The Labute approximate surface area is 178 Å². The van der Waals surface area contributed by atoms with E-state index in [1.165, 1.54) is 0 Å². The number of ether oxygens (including phenoxy) is 1. The van der Waals surface area contributed by atoms with Crippen LogP contribution >= 0.6 is 23.5 Å². The van der Waals surface area contributed by atoms with Gasteiger partial charge in [0, 0.05) is 11.8 Å². The first kappa shape index (κ1) is 27.2. The highest BCUT2D eigenvalue weighted by molar-refractivity contribution is 7.66. The van der Waals surface area contributed by atoms with Crippen LogP contribution in [-0.4, -0.2) is 64.3 Å². The van der Waals surface area contributed by atoms with Crippen LogP contribution in [0.4, 0.5) is 0 Å². The summed E-state index contributed by atoms with van der Waals surface area (Å²) in [7, 11) is -16.8. The summed E-state index contributed by atoms with van der Waals surface area (Å²) in [5, 5.41) is 20.3. The maximum Gasteiger partial charge on any atom is 0.490 e. The van der Waals surface area contributed by atoms with E-state index in [0.29, 0.717) is 6.42 Å². The molecule has 0 aromatic carbocycles. The SMILES string of the molecule is CCCc1cn([C@@H]2O[C@H](COP(=O)(O)OP(=O)(O)OP(=O)(O)O)C(O)[C@@H]2O)c(=O)[nH]c1=O. The number of aryl methyl sites for hydroxylation is 1. The van der Waals surface area contributed by atoms with Crippen molar-refractivity contribution in [2.24, 2.45) is 0 Å². The van der Waals surface area contributed by atoms with Crippen LogP contribution in [0.1, 0.15) is 25.1 Å². The lowest BCUT2D eigenvalue weighted by Crippen LogP contribution is -2.38. The van der Waals surface area contributed by atoms with Gasteiger partial charge in [-0.1, -0.05) is 13.3 Å². The van der Waals surface area contributed by atoms with E-state index in [1.807, 2.05) is 4.98 Å². The zero-order valence-electron chi connectivity index (χ0n) is 16.2. The molecule has 0 saturated carbocycles. The lowest BCUT2D eigenvalue weighted by Gasteiger charge is -2.19. The summed E-state index contributed by atoms with van der Waals surface area (Å²) in [5.74, 6) is 0. The van der Waals surface area contributed by atoms with E-state index >= 15 is 0 Å². The van der Waals surface area contributed by atoms with E-state index < -0.39 is 65.9 Å². The Kier molecular flexibility index (Phi) is 8.57. The van der Waals surface area contributed by atoms with Crippen molar-refractivity contribution < 1.29 is 61.4 Å². The fraction of sp³-hybridized carbons (Fsp3) is 0.667. The molecule has 3 unspecified atom stereocenters. The molecule has 0 spiro atoms. The normalized spacial score (nSPS) is 27.7. The van der Waals surface area contributed by atoms with Crippen LogP contribution in [0.3, 0.4) is 0 Å². The van der Waals surface area contributed by atoms with Gasteiger partial charge in [-0.15, -0.1) is 0 Å². The van der Waals surface area contributed by atoms with Crippen LogP contribution in [0.15, 0.2) is 15.8 Å². The Bertz CT molecular complexity index is 1080. The number of aromatic amines is 1. The van der Waals surface area contributed by atoms with Crippen molar-refractivity contribution in [1.82, 2.24) is 9.55 Å². The fourth-order valence-electron chi connectivity index (χ4n) is 2.73. The third-order valence-electron chi connectivity index (χ3n) is 3.99. The van der Waals surface area contributed by atoms with Gasteiger partial charge in [-0.3, -0.25) is 18.9 Å². The van der Waals surface area contributed by atoms with Crippen molar-refractivity contribution in [2.45, 2.75) is 44.3 Å². The molecule has 6 atom stereocenters. The van der Waals surface area contributed by atoms with E-state index in [2.05, 4.69) is 13.1 Å². The van der Waals surface area contributed by atoms with Crippen LogP contribution in [0, 0.1) is 0 Å². The number of rotatable bonds is 10. The predicted molar refractivity (Wildman–Crippen MR) is 101 cm³/mol. The van der Waals surface area contributed by atoms with Crippen LogP contribution < -0.4 is 11.2 Å². The average Bonchev–Trinajstić information content (AvgIpc) is 2.87. The zero-order valence-corrected chi connectivity index (χ0v) is 18.8. The van der Waals surface area contributed by atoms with Crippen LogP contribution in [0.25, 0.3) is 0 Å². The molecule has 17 nitrogen and oxygen atoms in total. The number of hydrogen-bond donors (Lipinski definition) is 7. The Morgan fingerprint density at radius 3 is 2.25 bits per heavy atom. The van der Waals surface area contributed by atoms with Crippen LogP contribution in [0.5, 0.6) is 0 Å². The maximum atomic E-state index is 12.1. The number of phosphoric acid groups is 3. The highest BCUT2D eigenvalue weighted by atomic mass is 31.3. The number of aromatic nitrogens is 2. The molecule has 2 heterocycles. The smallest absolute Gasteiger partial charge is 0.387 e. The zero-order chi connectivity index (χ0) is 24.5. The van der Waals surface area contributed by atoms with Crippen molar-refractivity contribution in [1.29, 1.82) is 0 Å². The van der Waals surface area contributed by atoms with Crippen molar-refractivity contribution >= 4 is 23.5 Å². The van der Waals surface area contributed by atoms with E-state index in [9.17, 15) is 38.4 Å². The molecule has 184 valence electrons. The Morgan fingerprint density at radius 2 is 1.69 bits per heavy atom. The average molecular weight is 526 g/mol. The molecule has 1 fully saturated rings. The van der Waals surface area contributed by atoms with Gasteiger partial charge in [0.05, 0.1) is 6.61 Å². The maximum absolute atomic E-state index is 12.1. The first-order chi connectivity index (χ1) is 14.6. The van der Waals surface area contributed by atoms with Crippen molar-refractivity contribution in [3.05, 3.63) is 32.6 Å². The number of nitrogens with zero attached hydrogens (tertiary/aromatic N) is 1. The Morgan fingerprint density at radius 1 is 1.06 bits per heavy atom. The van der Waals surface area contributed by atoms with Crippen LogP contribution in [-0.2, 0) is 38.0 Å². The Hall–Kier alpha value is -1.03. The minimum atomic E-state index is -5.74. The first-order valence-electron chi connectivity index (χ1n) is 8.69. The minimum Gasteiger partial charge on any atom is -0.387 e. The van der Waals surface area contributed by atoms with Gasteiger partial charge in [0.1, 0.15) is 18.3 Å². The quantitative estimate of drug-likeness (QED) is 0.170. The number of aliphatic hydroxyl groups is 2. The molecule has 0 bridgehead atoms. The van der Waals surface area contributed by atoms with Gasteiger partial charge in [0.2, 0.25) is 0 Å². The largest absolute Gasteiger partial charge is 0.490 e. The molecule has 2 rings (SSSR count). The lowest BCUT2D eigenvalue weighted by molar-refractivity contribution is -0.0543. The van der Waals surface area contributed by atoms with Crippen LogP contribution in [0.2, 0.25) is 0 Å². The highest BCUT2D eigenvalue weighted by Gasteiger charge is 2.46. The number of aliphatic hydroxyl groups excluding tert-OH is 2. The van der Waals surface area contributed by atoms with Crippen molar-refractivity contribution in [3.63, 3.8) is 0 Å². The van der Waals surface area contributed by atoms with Gasteiger partial charge in [-0.05, 0) is 6.42 Å². The molecule has 0 aliphatic carbocycles. The minimum absolute atomic E-state index is 0.189. The summed E-state index contributed by atoms with van der Waals surface area (Å²) in [4.78, 5) is 61.5. The monoisotopic (exact) mass is 526 g/mol. The molecule has 1 saturated heterocycles. The summed E-state index contributed by atoms with van der Waals surface area (Å²) < 4.78 is 51.2. The van der Waals surface area contributed by atoms with Crippen molar-refractivity contribution in [2.75, 3.05) is 6.61 Å². The molecule has 0 amide bonds.